The molecule has 0 radical (unpaired) electrons. The fraction of sp³-hybridized carbons (Fsp3) is 0.357. The summed E-state index contributed by atoms with van der Waals surface area (Å²) in [4.78, 5) is 7.87. The number of aromatic amines is 1. The predicted octanol–water partition coefficient (Wildman–Crippen LogP) is 2.45. The average Bonchev–Trinajstić information content (AvgIpc) is 2.71. The lowest BCUT2D eigenvalue weighted by molar-refractivity contribution is 0.891. The molecule has 0 saturated heterocycles. The van der Waals surface area contributed by atoms with Crippen molar-refractivity contribution in [1.29, 1.82) is 0 Å². The molecule has 3 N–H and O–H groups in total. The Balaban J connectivity index is 2.31. The van der Waals surface area contributed by atoms with Crippen LogP contribution >= 0.6 is 0 Å². The van der Waals surface area contributed by atoms with Gasteiger partial charge in [-0.2, -0.15) is 0 Å². The molecule has 3 nitrogen and oxygen atoms in total. The van der Waals surface area contributed by atoms with E-state index in [2.05, 4.69) is 48.1 Å². The maximum absolute atomic E-state index is 5.54. The third-order valence-corrected chi connectivity index (χ3v) is 2.95. The number of aromatic nitrogens is 2. The number of hydrogen-bond acceptors (Lipinski definition) is 2. The van der Waals surface area contributed by atoms with Crippen LogP contribution in [0.15, 0.2) is 24.3 Å². The van der Waals surface area contributed by atoms with E-state index < -0.39 is 0 Å². The van der Waals surface area contributed by atoms with Crippen LogP contribution in [-0.4, -0.2) is 16.5 Å². The lowest BCUT2D eigenvalue weighted by Gasteiger charge is -2.00. The first-order valence-corrected chi connectivity index (χ1v) is 6.09. The Labute approximate surface area is 102 Å². The van der Waals surface area contributed by atoms with Crippen LogP contribution in [0.4, 0.5) is 0 Å². The number of nitrogens with one attached hydrogen (secondary N) is 1. The van der Waals surface area contributed by atoms with Gasteiger partial charge in [0.05, 0.1) is 5.69 Å². The second kappa shape index (κ2) is 5.15. The molecule has 1 heterocycles. The zero-order valence-corrected chi connectivity index (χ0v) is 10.5. The summed E-state index contributed by atoms with van der Waals surface area (Å²) in [6.45, 7) is 4.84. The molecule has 0 fully saturated rings. The number of hydrogen-bond donors (Lipinski definition) is 2. The van der Waals surface area contributed by atoms with E-state index in [1.807, 2.05) is 0 Å². The zero-order valence-electron chi connectivity index (χ0n) is 10.5. The Hall–Kier alpha value is -1.61. The number of nitrogens with zero attached hydrogens (tertiary/aromatic N) is 1. The normalized spacial score (nSPS) is 10.8. The molecule has 0 unspecified atom stereocenters. The van der Waals surface area contributed by atoms with Gasteiger partial charge in [-0.25, -0.2) is 4.98 Å². The number of aryl methyl sites for hydroxylation is 2. The fourth-order valence-electron chi connectivity index (χ4n) is 1.96. The van der Waals surface area contributed by atoms with E-state index in [9.17, 15) is 0 Å². The van der Waals surface area contributed by atoms with Gasteiger partial charge in [-0.05, 0) is 25.5 Å². The van der Waals surface area contributed by atoms with Crippen molar-refractivity contribution in [2.45, 2.75) is 26.7 Å². The summed E-state index contributed by atoms with van der Waals surface area (Å²) in [5.74, 6) is 0.972. The molecule has 0 aliphatic heterocycles. The van der Waals surface area contributed by atoms with Gasteiger partial charge in [-0.15, -0.1) is 0 Å². The van der Waals surface area contributed by atoms with Crippen molar-refractivity contribution in [3.05, 3.63) is 41.3 Å². The first-order valence-electron chi connectivity index (χ1n) is 6.09. The molecule has 1 aromatic carbocycles. The minimum absolute atomic E-state index is 0.626. The van der Waals surface area contributed by atoms with Gasteiger partial charge in [0, 0.05) is 17.7 Å². The molecule has 0 aliphatic rings. The Bertz CT molecular complexity index is 483. The first kappa shape index (κ1) is 11.9. The van der Waals surface area contributed by atoms with Crippen molar-refractivity contribution < 1.29 is 0 Å². The molecule has 0 spiro atoms. The molecule has 2 rings (SSSR count). The summed E-state index contributed by atoms with van der Waals surface area (Å²) in [6, 6.07) is 8.58. The summed E-state index contributed by atoms with van der Waals surface area (Å²) in [5, 5.41) is 0. The standard InChI is InChI=1S/C14H19N3/c1-3-11-4-6-12(7-5-11)14-10(2)16-13(17-14)8-9-15/h4-7H,3,8-9,15H2,1-2H3,(H,16,17). The highest BCUT2D eigenvalue weighted by atomic mass is 14.9. The molecule has 1 aromatic heterocycles. The number of H-pyrrole nitrogens is 1. The van der Waals surface area contributed by atoms with E-state index in [0.29, 0.717) is 6.54 Å². The summed E-state index contributed by atoms with van der Waals surface area (Å²) in [5.41, 5.74) is 10.2. The van der Waals surface area contributed by atoms with Crippen molar-refractivity contribution in [3.8, 4) is 11.3 Å². The Morgan fingerprint density at radius 3 is 2.53 bits per heavy atom. The highest BCUT2D eigenvalue weighted by molar-refractivity contribution is 5.62. The van der Waals surface area contributed by atoms with Crippen LogP contribution in [0.25, 0.3) is 11.3 Å². The molecule has 90 valence electrons. The van der Waals surface area contributed by atoms with E-state index in [1.165, 1.54) is 11.1 Å². The van der Waals surface area contributed by atoms with Crippen LogP contribution in [0, 0.1) is 6.92 Å². The minimum atomic E-state index is 0.626. The van der Waals surface area contributed by atoms with Crippen LogP contribution in [-0.2, 0) is 12.8 Å². The molecule has 0 atom stereocenters. The maximum Gasteiger partial charge on any atom is 0.108 e. The number of imidazole rings is 1. The Kier molecular flexibility index (Phi) is 3.59. The molecule has 2 aromatic rings. The summed E-state index contributed by atoms with van der Waals surface area (Å²) in [6.07, 6.45) is 1.87. The van der Waals surface area contributed by atoms with E-state index >= 15 is 0 Å². The topological polar surface area (TPSA) is 54.7 Å². The monoisotopic (exact) mass is 229 g/mol. The van der Waals surface area contributed by atoms with Gasteiger partial charge in [0.1, 0.15) is 5.82 Å². The van der Waals surface area contributed by atoms with Gasteiger partial charge in [0.15, 0.2) is 0 Å². The van der Waals surface area contributed by atoms with Gasteiger partial charge in [0.25, 0.3) is 0 Å². The molecule has 3 heteroatoms. The van der Waals surface area contributed by atoms with Crippen LogP contribution in [0.1, 0.15) is 24.0 Å². The quantitative estimate of drug-likeness (QED) is 0.846. The molecule has 17 heavy (non-hydrogen) atoms. The lowest BCUT2D eigenvalue weighted by atomic mass is 10.1. The SMILES string of the molecule is CCc1ccc(-c2nc(CCN)[nH]c2C)cc1. The largest absolute Gasteiger partial charge is 0.346 e. The van der Waals surface area contributed by atoms with Crippen LogP contribution in [0.5, 0.6) is 0 Å². The molecule has 0 amide bonds. The highest BCUT2D eigenvalue weighted by Crippen LogP contribution is 2.21. The molecular weight excluding hydrogens is 210 g/mol. The second-order valence-corrected chi connectivity index (χ2v) is 4.25. The van der Waals surface area contributed by atoms with Crippen molar-refractivity contribution in [1.82, 2.24) is 9.97 Å². The highest BCUT2D eigenvalue weighted by Gasteiger charge is 2.08. The van der Waals surface area contributed by atoms with E-state index in [1.54, 1.807) is 0 Å². The third-order valence-electron chi connectivity index (χ3n) is 2.95. The van der Waals surface area contributed by atoms with Crippen molar-refractivity contribution in [2.75, 3.05) is 6.54 Å². The fourth-order valence-corrected chi connectivity index (χ4v) is 1.96. The maximum atomic E-state index is 5.54. The van der Waals surface area contributed by atoms with Crippen LogP contribution in [0.3, 0.4) is 0 Å². The van der Waals surface area contributed by atoms with Crippen molar-refractivity contribution in [2.24, 2.45) is 5.73 Å². The van der Waals surface area contributed by atoms with Gasteiger partial charge in [-0.1, -0.05) is 31.2 Å². The third kappa shape index (κ3) is 2.56. The molecule has 0 bridgehead atoms. The van der Waals surface area contributed by atoms with E-state index in [-0.39, 0.29) is 0 Å². The lowest BCUT2D eigenvalue weighted by Crippen LogP contribution is -2.03. The summed E-state index contributed by atoms with van der Waals surface area (Å²) in [7, 11) is 0. The minimum Gasteiger partial charge on any atom is -0.346 e. The Morgan fingerprint density at radius 2 is 1.94 bits per heavy atom. The van der Waals surface area contributed by atoms with E-state index in [0.717, 1.165) is 30.1 Å². The predicted molar refractivity (Wildman–Crippen MR) is 70.9 cm³/mol. The smallest absolute Gasteiger partial charge is 0.108 e. The van der Waals surface area contributed by atoms with Crippen molar-refractivity contribution in [3.63, 3.8) is 0 Å². The molecular formula is C14H19N3. The second-order valence-electron chi connectivity index (χ2n) is 4.25. The summed E-state index contributed by atoms with van der Waals surface area (Å²) >= 11 is 0. The summed E-state index contributed by atoms with van der Waals surface area (Å²) < 4.78 is 0. The van der Waals surface area contributed by atoms with Gasteiger partial charge in [-0.3, -0.25) is 0 Å². The number of benzene rings is 1. The van der Waals surface area contributed by atoms with Gasteiger partial charge < -0.3 is 10.7 Å². The first-order chi connectivity index (χ1) is 8.24. The number of nitrogens with two attached hydrogens (primary N) is 1. The van der Waals surface area contributed by atoms with Gasteiger partial charge in [0.2, 0.25) is 0 Å². The van der Waals surface area contributed by atoms with Crippen LogP contribution < -0.4 is 5.73 Å². The zero-order chi connectivity index (χ0) is 12.3. The number of rotatable bonds is 4. The van der Waals surface area contributed by atoms with E-state index in [4.69, 9.17) is 5.73 Å². The molecule has 0 aliphatic carbocycles. The Morgan fingerprint density at radius 1 is 1.24 bits per heavy atom. The van der Waals surface area contributed by atoms with Crippen LogP contribution in [0.2, 0.25) is 0 Å². The average molecular weight is 229 g/mol. The molecule has 0 saturated carbocycles. The van der Waals surface area contributed by atoms with Gasteiger partial charge >= 0.3 is 0 Å². The van der Waals surface area contributed by atoms with Crippen molar-refractivity contribution >= 4 is 0 Å².